The van der Waals surface area contributed by atoms with Crippen LogP contribution in [-0.4, -0.2) is 34.6 Å². The summed E-state index contributed by atoms with van der Waals surface area (Å²) in [7, 11) is 0. The van der Waals surface area contributed by atoms with Crippen molar-refractivity contribution < 1.29 is 4.74 Å². The van der Waals surface area contributed by atoms with Gasteiger partial charge in [-0.25, -0.2) is 0 Å². The molecule has 0 N–H and O–H groups in total. The van der Waals surface area contributed by atoms with Gasteiger partial charge in [-0.1, -0.05) is 0 Å². The molecule has 22 heavy (non-hydrogen) atoms. The maximum Gasteiger partial charge on any atom is 0.125 e. The van der Waals surface area contributed by atoms with E-state index in [-0.39, 0.29) is 0 Å². The molecule has 0 spiro atoms. The Kier molecular flexibility index (Phi) is 5.01. The average Bonchev–Trinajstić information content (AvgIpc) is 2.56. The van der Waals surface area contributed by atoms with Crippen LogP contribution in [0.1, 0.15) is 24.0 Å². The van der Waals surface area contributed by atoms with Gasteiger partial charge >= 0.3 is 0 Å². The van der Waals surface area contributed by atoms with E-state index in [0.29, 0.717) is 5.92 Å². The Morgan fingerprint density at radius 1 is 1.09 bits per heavy atom. The standard InChI is InChI=1S/C18H23N3O/c1-15-12-20-9-4-18(15)22-14-17-5-10-21(11-6-17)13-16-2-7-19-8-3-16/h2-4,7-9,12,17H,5-6,10-11,13-14H2,1H3. The Hall–Kier alpha value is -1.94. The molecule has 1 saturated heterocycles. The smallest absolute Gasteiger partial charge is 0.125 e. The molecule has 1 fully saturated rings. The Bertz CT molecular complexity index is 580. The van der Waals surface area contributed by atoms with Gasteiger partial charge in [0.25, 0.3) is 0 Å². The van der Waals surface area contributed by atoms with Gasteiger partial charge in [-0.05, 0) is 62.5 Å². The number of pyridine rings is 2. The van der Waals surface area contributed by atoms with E-state index in [1.807, 2.05) is 31.6 Å². The number of ether oxygens (including phenoxy) is 1. The molecule has 0 bridgehead atoms. The van der Waals surface area contributed by atoms with Gasteiger partial charge in [-0.2, -0.15) is 0 Å². The summed E-state index contributed by atoms with van der Waals surface area (Å²) >= 11 is 0. The van der Waals surface area contributed by atoms with Crippen molar-refractivity contribution in [1.82, 2.24) is 14.9 Å². The summed E-state index contributed by atoms with van der Waals surface area (Å²) < 4.78 is 5.96. The molecule has 4 heteroatoms. The summed E-state index contributed by atoms with van der Waals surface area (Å²) in [6.45, 7) is 6.17. The molecule has 0 unspecified atom stereocenters. The molecule has 1 aliphatic rings. The molecule has 2 aromatic rings. The lowest BCUT2D eigenvalue weighted by Gasteiger charge is -2.31. The minimum atomic E-state index is 0.654. The summed E-state index contributed by atoms with van der Waals surface area (Å²) in [5.74, 6) is 1.62. The number of aryl methyl sites for hydroxylation is 1. The van der Waals surface area contributed by atoms with E-state index in [9.17, 15) is 0 Å². The molecule has 0 aromatic carbocycles. The first kappa shape index (κ1) is 15.0. The van der Waals surface area contributed by atoms with Crippen molar-refractivity contribution in [1.29, 1.82) is 0 Å². The fourth-order valence-electron chi connectivity index (χ4n) is 2.89. The van der Waals surface area contributed by atoms with E-state index in [1.54, 1.807) is 6.20 Å². The van der Waals surface area contributed by atoms with E-state index in [2.05, 4.69) is 27.0 Å². The fourth-order valence-corrected chi connectivity index (χ4v) is 2.89. The minimum Gasteiger partial charge on any atom is -0.493 e. The van der Waals surface area contributed by atoms with Gasteiger partial charge in [0.05, 0.1) is 6.61 Å². The van der Waals surface area contributed by atoms with E-state index in [0.717, 1.165) is 37.6 Å². The summed E-state index contributed by atoms with van der Waals surface area (Å²) in [6.07, 6.45) is 9.79. The zero-order valence-corrected chi connectivity index (χ0v) is 13.1. The predicted molar refractivity (Wildman–Crippen MR) is 86.7 cm³/mol. The Morgan fingerprint density at radius 3 is 2.55 bits per heavy atom. The van der Waals surface area contributed by atoms with E-state index >= 15 is 0 Å². The molecule has 3 rings (SSSR count). The molecule has 0 saturated carbocycles. The van der Waals surface area contributed by atoms with Crippen molar-refractivity contribution >= 4 is 0 Å². The Morgan fingerprint density at radius 2 is 1.82 bits per heavy atom. The summed E-state index contributed by atoms with van der Waals surface area (Å²) in [6, 6.07) is 6.15. The van der Waals surface area contributed by atoms with Crippen LogP contribution in [-0.2, 0) is 6.54 Å². The van der Waals surface area contributed by atoms with Crippen molar-refractivity contribution in [2.45, 2.75) is 26.3 Å². The number of likely N-dealkylation sites (tertiary alicyclic amines) is 1. The van der Waals surface area contributed by atoms with Crippen LogP contribution >= 0.6 is 0 Å². The molecule has 2 aromatic heterocycles. The molecule has 3 heterocycles. The topological polar surface area (TPSA) is 38.2 Å². The summed E-state index contributed by atoms with van der Waals surface area (Å²) in [5, 5.41) is 0. The van der Waals surface area contributed by atoms with Gasteiger partial charge in [-0.15, -0.1) is 0 Å². The highest BCUT2D eigenvalue weighted by molar-refractivity contribution is 5.28. The molecular formula is C18H23N3O. The van der Waals surface area contributed by atoms with E-state index in [4.69, 9.17) is 4.74 Å². The first-order valence-corrected chi connectivity index (χ1v) is 7.96. The monoisotopic (exact) mass is 297 g/mol. The van der Waals surface area contributed by atoms with Crippen LogP contribution in [0.5, 0.6) is 5.75 Å². The van der Waals surface area contributed by atoms with Crippen molar-refractivity contribution in [2.24, 2.45) is 5.92 Å². The average molecular weight is 297 g/mol. The van der Waals surface area contributed by atoms with Crippen molar-refractivity contribution in [2.75, 3.05) is 19.7 Å². The highest BCUT2D eigenvalue weighted by Gasteiger charge is 2.20. The highest BCUT2D eigenvalue weighted by Crippen LogP contribution is 2.22. The minimum absolute atomic E-state index is 0.654. The van der Waals surface area contributed by atoms with Crippen molar-refractivity contribution in [3.63, 3.8) is 0 Å². The molecule has 1 aliphatic heterocycles. The third-order valence-electron chi connectivity index (χ3n) is 4.31. The molecule has 0 amide bonds. The normalized spacial score (nSPS) is 16.6. The second kappa shape index (κ2) is 7.36. The van der Waals surface area contributed by atoms with Crippen LogP contribution in [0.15, 0.2) is 43.0 Å². The first-order chi connectivity index (χ1) is 10.8. The lowest BCUT2D eigenvalue weighted by Crippen LogP contribution is -2.35. The van der Waals surface area contributed by atoms with Gasteiger partial charge in [0, 0.05) is 36.9 Å². The molecule has 116 valence electrons. The van der Waals surface area contributed by atoms with E-state index < -0.39 is 0 Å². The zero-order chi connectivity index (χ0) is 15.2. The maximum atomic E-state index is 5.96. The predicted octanol–water partition coefficient (Wildman–Crippen LogP) is 3.08. The Balaban J connectivity index is 1.43. The number of nitrogens with zero attached hydrogens (tertiary/aromatic N) is 3. The first-order valence-electron chi connectivity index (χ1n) is 7.96. The lowest BCUT2D eigenvalue weighted by atomic mass is 9.97. The van der Waals surface area contributed by atoms with Crippen LogP contribution < -0.4 is 4.74 Å². The number of hydrogen-bond acceptors (Lipinski definition) is 4. The van der Waals surface area contributed by atoms with Crippen LogP contribution in [0.4, 0.5) is 0 Å². The molecule has 4 nitrogen and oxygen atoms in total. The van der Waals surface area contributed by atoms with E-state index in [1.165, 1.54) is 18.4 Å². The van der Waals surface area contributed by atoms with Crippen LogP contribution in [0.2, 0.25) is 0 Å². The van der Waals surface area contributed by atoms with Gasteiger partial charge in [0.15, 0.2) is 0 Å². The second-order valence-corrected chi connectivity index (χ2v) is 6.03. The van der Waals surface area contributed by atoms with Gasteiger partial charge in [-0.3, -0.25) is 14.9 Å². The maximum absolute atomic E-state index is 5.96. The molecule has 0 aliphatic carbocycles. The molecule has 0 radical (unpaired) electrons. The van der Waals surface area contributed by atoms with Crippen molar-refractivity contribution in [3.8, 4) is 5.75 Å². The second-order valence-electron chi connectivity index (χ2n) is 6.03. The quantitative estimate of drug-likeness (QED) is 0.850. The third-order valence-corrected chi connectivity index (χ3v) is 4.31. The molecule has 0 atom stereocenters. The molecular weight excluding hydrogens is 274 g/mol. The summed E-state index contributed by atoms with van der Waals surface area (Å²) in [5.41, 5.74) is 2.45. The number of rotatable bonds is 5. The summed E-state index contributed by atoms with van der Waals surface area (Å²) in [4.78, 5) is 10.7. The van der Waals surface area contributed by atoms with Crippen LogP contribution in [0.25, 0.3) is 0 Å². The Labute approximate surface area is 132 Å². The lowest BCUT2D eigenvalue weighted by molar-refractivity contribution is 0.136. The van der Waals surface area contributed by atoms with Gasteiger partial charge < -0.3 is 4.74 Å². The number of piperidine rings is 1. The van der Waals surface area contributed by atoms with Crippen LogP contribution in [0, 0.1) is 12.8 Å². The fraction of sp³-hybridized carbons (Fsp3) is 0.444. The van der Waals surface area contributed by atoms with Crippen LogP contribution in [0.3, 0.4) is 0 Å². The third kappa shape index (κ3) is 4.04. The van der Waals surface area contributed by atoms with Gasteiger partial charge in [0.1, 0.15) is 5.75 Å². The van der Waals surface area contributed by atoms with Gasteiger partial charge in [0.2, 0.25) is 0 Å². The van der Waals surface area contributed by atoms with Crippen molar-refractivity contribution in [3.05, 3.63) is 54.1 Å². The highest BCUT2D eigenvalue weighted by atomic mass is 16.5. The number of hydrogen-bond donors (Lipinski definition) is 0. The zero-order valence-electron chi connectivity index (χ0n) is 13.1. The SMILES string of the molecule is Cc1cnccc1OCC1CCN(Cc2ccncc2)CC1. The number of aromatic nitrogens is 2. The largest absolute Gasteiger partial charge is 0.493 e.